The van der Waals surface area contributed by atoms with Crippen LogP contribution < -0.4 is 5.32 Å². The van der Waals surface area contributed by atoms with Gasteiger partial charge in [0, 0.05) is 24.7 Å². The fourth-order valence-corrected chi connectivity index (χ4v) is 3.00. The summed E-state index contributed by atoms with van der Waals surface area (Å²) in [5.74, 6) is 0. The van der Waals surface area contributed by atoms with Crippen LogP contribution in [0.5, 0.6) is 0 Å². The number of rotatable bonds is 5. The van der Waals surface area contributed by atoms with E-state index in [1.807, 2.05) is 0 Å². The van der Waals surface area contributed by atoms with E-state index in [0.29, 0.717) is 11.6 Å². The predicted octanol–water partition coefficient (Wildman–Crippen LogP) is 3.08. The van der Waals surface area contributed by atoms with Crippen LogP contribution in [0.25, 0.3) is 0 Å². The lowest BCUT2D eigenvalue weighted by atomic mass is 9.91. The lowest BCUT2D eigenvalue weighted by molar-refractivity contribution is 0.0843. The summed E-state index contributed by atoms with van der Waals surface area (Å²) in [6.07, 6.45) is 3.60. The molecule has 2 heteroatoms. The van der Waals surface area contributed by atoms with Crippen molar-refractivity contribution in [1.29, 1.82) is 0 Å². The van der Waals surface area contributed by atoms with Crippen molar-refractivity contribution in [2.24, 2.45) is 0 Å². The van der Waals surface area contributed by atoms with Crippen LogP contribution in [0.4, 0.5) is 0 Å². The largest absolute Gasteiger partial charge is 0.309 e. The molecule has 2 rings (SSSR count). The molecule has 0 aromatic heterocycles. The Kier molecular flexibility index (Phi) is 5.00. The first kappa shape index (κ1) is 14.5. The summed E-state index contributed by atoms with van der Waals surface area (Å²) in [6.45, 7) is 10.4. The summed E-state index contributed by atoms with van der Waals surface area (Å²) in [7, 11) is 0. The molecule has 1 aromatic carbocycles. The number of benzene rings is 1. The van der Waals surface area contributed by atoms with Crippen LogP contribution in [0.1, 0.15) is 39.2 Å². The molecule has 19 heavy (non-hydrogen) atoms. The monoisotopic (exact) mass is 260 g/mol. The molecule has 0 saturated carbocycles. The van der Waals surface area contributed by atoms with E-state index < -0.39 is 0 Å². The molecule has 0 aliphatic carbocycles. The number of hydrogen-bond acceptors (Lipinski definition) is 2. The summed E-state index contributed by atoms with van der Waals surface area (Å²) in [6, 6.07) is 11.5. The van der Waals surface area contributed by atoms with Gasteiger partial charge in [-0.1, -0.05) is 44.2 Å². The minimum Gasteiger partial charge on any atom is -0.309 e. The topological polar surface area (TPSA) is 15.3 Å². The van der Waals surface area contributed by atoms with E-state index in [-0.39, 0.29) is 0 Å². The molecule has 1 aromatic rings. The molecule has 1 N–H and O–H groups in total. The molecule has 2 atom stereocenters. The van der Waals surface area contributed by atoms with Crippen molar-refractivity contribution in [1.82, 2.24) is 10.2 Å². The maximum Gasteiger partial charge on any atom is 0.0278 e. The molecular formula is C17H28N2. The van der Waals surface area contributed by atoms with Gasteiger partial charge in [0.05, 0.1) is 0 Å². The van der Waals surface area contributed by atoms with Gasteiger partial charge in [-0.15, -0.1) is 0 Å². The Morgan fingerprint density at radius 1 is 1.26 bits per heavy atom. The van der Waals surface area contributed by atoms with Crippen molar-refractivity contribution < 1.29 is 0 Å². The van der Waals surface area contributed by atoms with E-state index in [2.05, 4.69) is 61.3 Å². The van der Waals surface area contributed by atoms with E-state index in [9.17, 15) is 0 Å². The van der Waals surface area contributed by atoms with Crippen LogP contribution in [0.15, 0.2) is 30.3 Å². The lowest BCUT2D eigenvalue weighted by Crippen LogP contribution is -2.63. The van der Waals surface area contributed by atoms with E-state index in [1.165, 1.54) is 31.5 Å². The van der Waals surface area contributed by atoms with Crippen LogP contribution in [0.3, 0.4) is 0 Å². The molecule has 0 bridgehead atoms. The summed E-state index contributed by atoms with van der Waals surface area (Å²) in [5.41, 5.74) is 1.75. The number of piperazine rings is 1. The summed E-state index contributed by atoms with van der Waals surface area (Å²) in [4.78, 5) is 2.69. The highest BCUT2D eigenvalue weighted by atomic mass is 15.2. The second-order valence-corrected chi connectivity index (χ2v) is 6.11. The lowest BCUT2D eigenvalue weighted by Gasteiger charge is -2.46. The van der Waals surface area contributed by atoms with Gasteiger partial charge in [-0.05, 0) is 38.3 Å². The maximum atomic E-state index is 3.76. The number of nitrogens with one attached hydrogen (secondary N) is 1. The highest BCUT2D eigenvalue weighted by molar-refractivity contribution is 5.16. The predicted molar refractivity (Wildman–Crippen MR) is 82.5 cm³/mol. The summed E-state index contributed by atoms with van der Waals surface area (Å²) < 4.78 is 0. The van der Waals surface area contributed by atoms with Crippen molar-refractivity contribution in [2.75, 3.05) is 19.6 Å². The molecule has 1 aliphatic rings. The Bertz CT molecular complexity index is 376. The molecule has 1 saturated heterocycles. The third-order valence-corrected chi connectivity index (χ3v) is 4.44. The zero-order valence-corrected chi connectivity index (χ0v) is 12.7. The van der Waals surface area contributed by atoms with Crippen molar-refractivity contribution >= 4 is 0 Å². The second kappa shape index (κ2) is 6.53. The van der Waals surface area contributed by atoms with Gasteiger partial charge in [0.1, 0.15) is 0 Å². The molecule has 106 valence electrons. The van der Waals surface area contributed by atoms with Gasteiger partial charge in [-0.25, -0.2) is 0 Å². The summed E-state index contributed by atoms with van der Waals surface area (Å²) >= 11 is 0. The van der Waals surface area contributed by atoms with Crippen LogP contribution in [-0.4, -0.2) is 36.1 Å². The Hall–Kier alpha value is -0.860. The third-order valence-electron chi connectivity index (χ3n) is 4.44. The van der Waals surface area contributed by atoms with E-state index in [0.717, 1.165) is 13.0 Å². The van der Waals surface area contributed by atoms with Crippen molar-refractivity contribution in [2.45, 2.75) is 51.6 Å². The maximum absolute atomic E-state index is 3.76. The van der Waals surface area contributed by atoms with E-state index in [4.69, 9.17) is 0 Å². The van der Waals surface area contributed by atoms with Gasteiger partial charge < -0.3 is 5.32 Å². The zero-order valence-electron chi connectivity index (χ0n) is 12.7. The fourth-order valence-electron chi connectivity index (χ4n) is 3.00. The Morgan fingerprint density at radius 3 is 2.63 bits per heavy atom. The molecule has 1 heterocycles. The van der Waals surface area contributed by atoms with Gasteiger partial charge in [-0.3, -0.25) is 4.90 Å². The van der Waals surface area contributed by atoms with Gasteiger partial charge in [0.15, 0.2) is 0 Å². The first-order valence-corrected chi connectivity index (χ1v) is 7.70. The second-order valence-electron chi connectivity index (χ2n) is 6.11. The average molecular weight is 260 g/mol. The molecule has 1 fully saturated rings. The van der Waals surface area contributed by atoms with Gasteiger partial charge in [0.25, 0.3) is 0 Å². The Labute approximate surface area is 118 Å². The standard InChI is InChI=1S/C17H28N2/c1-4-11-19-14-17(3,5-2)18-13-16(19)12-15-9-7-6-8-10-15/h6-10,16,18H,4-5,11-14H2,1-3H3. The molecule has 1 aliphatic heterocycles. The Balaban J connectivity index is 2.03. The smallest absolute Gasteiger partial charge is 0.0278 e. The molecule has 0 radical (unpaired) electrons. The van der Waals surface area contributed by atoms with E-state index in [1.54, 1.807) is 0 Å². The van der Waals surface area contributed by atoms with Crippen molar-refractivity contribution in [3.8, 4) is 0 Å². The molecular weight excluding hydrogens is 232 g/mol. The van der Waals surface area contributed by atoms with E-state index >= 15 is 0 Å². The van der Waals surface area contributed by atoms with Crippen LogP contribution in [0, 0.1) is 0 Å². The van der Waals surface area contributed by atoms with Gasteiger partial charge in [-0.2, -0.15) is 0 Å². The third kappa shape index (κ3) is 3.80. The van der Waals surface area contributed by atoms with Crippen molar-refractivity contribution in [3.05, 3.63) is 35.9 Å². The first-order valence-electron chi connectivity index (χ1n) is 7.70. The highest BCUT2D eigenvalue weighted by Gasteiger charge is 2.33. The van der Waals surface area contributed by atoms with Crippen LogP contribution in [-0.2, 0) is 6.42 Å². The molecule has 2 nitrogen and oxygen atoms in total. The zero-order chi connectivity index (χ0) is 13.7. The van der Waals surface area contributed by atoms with Crippen molar-refractivity contribution in [3.63, 3.8) is 0 Å². The molecule has 2 unspecified atom stereocenters. The number of hydrogen-bond donors (Lipinski definition) is 1. The normalized spacial score (nSPS) is 28.5. The molecule has 0 amide bonds. The molecule has 0 spiro atoms. The van der Waals surface area contributed by atoms with Gasteiger partial charge >= 0.3 is 0 Å². The minimum atomic E-state index is 0.294. The summed E-state index contributed by atoms with van der Waals surface area (Å²) in [5, 5.41) is 3.76. The SMILES string of the molecule is CCCN1CC(C)(CC)NCC1Cc1ccccc1. The average Bonchev–Trinajstić information content (AvgIpc) is 2.44. The minimum absolute atomic E-state index is 0.294. The van der Waals surface area contributed by atoms with Gasteiger partial charge in [0.2, 0.25) is 0 Å². The fraction of sp³-hybridized carbons (Fsp3) is 0.647. The highest BCUT2D eigenvalue weighted by Crippen LogP contribution is 2.21. The number of nitrogens with zero attached hydrogens (tertiary/aromatic N) is 1. The van der Waals surface area contributed by atoms with Crippen LogP contribution >= 0.6 is 0 Å². The Morgan fingerprint density at radius 2 is 2.00 bits per heavy atom. The first-order chi connectivity index (χ1) is 9.17. The van der Waals surface area contributed by atoms with Crippen LogP contribution in [0.2, 0.25) is 0 Å². The quantitative estimate of drug-likeness (QED) is 0.875.